The average Bonchev–Trinajstić information content (AvgIpc) is 2.15. The number of thioether (sulfide) groups is 1. The number of pyridine rings is 1. The molecule has 0 aliphatic heterocycles. The van der Waals surface area contributed by atoms with Gasteiger partial charge in [0.2, 0.25) is 0 Å². The minimum absolute atomic E-state index is 0.0679. The van der Waals surface area contributed by atoms with E-state index in [9.17, 15) is 0 Å². The van der Waals surface area contributed by atoms with E-state index in [2.05, 4.69) is 24.9 Å². The van der Waals surface area contributed by atoms with Crippen molar-refractivity contribution in [2.24, 2.45) is 11.7 Å². The van der Waals surface area contributed by atoms with E-state index in [-0.39, 0.29) is 6.04 Å². The summed E-state index contributed by atoms with van der Waals surface area (Å²) >= 11 is 1.79. The van der Waals surface area contributed by atoms with Crippen LogP contribution in [0.3, 0.4) is 0 Å². The number of nitrogens with two attached hydrogens (primary N) is 1. The van der Waals surface area contributed by atoms with Crippen LogP contribution in [0.5, 0.6) is 0 Å². The molecule has 0 bridgehead atoms. The number of hydrogen-bond donors (Lipinski definition) is 1. The summed E-state index contributed by atoms with van der Waals surface area (Å²) in [5, 5.41) is 1.08. The summed E-state index contributed by atoms with van der Waals surface area (Å²) in [6, 6.07) is 4.07. The van der Waals surface area contributed by atoms with Gasteiger partial charge in [-0.05, 0) is 18.9 Å². The Balaban J connectivity index is 2.74. The molecule has 0 saturated carbocycles. The molecule has 0 fully saturated rings. The first-order valence-electron chi connectivity index (χ1n) is 4.94. The van der Waals surface area contributed by atoms with Crippen molar-refractivity contribution in [2.75, 3.05) is 5.75 Å². The van der Waals surface area contributed by atoms with Gasteiger partial charge in [-0.2, -0.15) is 0 Å². The second-order valence-corrected chi connectivity index (χ2v) is 4.90. The van der Waals surface area contributed by atoms with Crippen molar-refractivity contribution < 1.29 is 0 Å². The molecule has 0 aliphatic carbocycles. The lowest BCUT2D eigenvalue weighted by Crippen LogP contribution is -2.07. The van der Waals surface area contributed by atoms with Gasteiger partial charge < -0.3 is 5.73 Å². The molecule has 0 aromatic carbocycles. The van der Waals surface area contributed by atoms with Gasteiger partial charge in [0.05, 0.1) is 0 Å². The Morgan fingerprint density at radius 3 is 2.71 bits per heavy atom. The van der Waals surface area contributed by atoms with E-state index in [1.54, 1.807) is 11.8 Å². The molecule has 1 atom stereocenters. The summed E-state index contributed by atoms with van der Waals surface area (Å²) in [6.07, 6.45) is 1.83. The van der Waals surface area contributed by atoms with E-state index in [0.29, 0.717) is 5.92 Å². The fourth-order valence-electron chi connectivity index (χ4n) is 1.12. The summed E-state index contributed by atoms with van der Waals surface area (Å²) in [5.74, 6) is 1.78. The zero-order valence-electron chi connectivity index (χ0n) is 9.03. The maximum absolute atomic E-state index is 5.87. The van der Waals surface area contributed by atoms with Crippen LogP contribution >= 0.6 is 11.8 Å². The van der Waals surface area contributed by atoms with Crippen LogP contribution in [-0.2, 0) is 0 Å². The van der Waals surface area contributed by atoms with Crippen molar-refractivity contribution in [3.8, 4) is 0 Å². The van der Waals surface area contributed by atoms with Crippen molar-refractivity contribution in [3.05, 3.63) is 23.9 Å². The van der Waals surface area contributed by atoms with E-state index in [4.69, 9.17) is 5.73 Å². The van der Waals surface area contributed by atoms with Crippen molar-refractivity contribution in [2.45, 2.75) is 31.8 Å². The first kappa shape index (κ1) is 11.5. The summed E-state index contributed by atoms with van der Waals surface area (Å²) in [6.45, 7) is 6.42. The van der Waals surface area contributed by atoms with Gasteiger partial charge in [0.1, 0.15) is 5.03 Å². The van der Waals surface area contributed by atoms with Crippen LogP contribution in [0, 0.1) is 5.92 Å². The SMILES string of the molecule is CC(C)CSc1ncccc1[C@H](C)N. The highest BCUT2D eigenvalue weighted by molar-refractivity contribution is 7.99. The summed E-state index contributed by atoms with van der Waals surface area (Å²) in [7, 11) is 0. The molecule has 0 radical (unpaired) electrons. The quantitative estimate of drug-likeness (QED) is 0.777. The Kier molecular flexibility index (Phi) is 4.42. The highest BCUT2D eigenvalue weighted by Crippen LogP contribution is 2.25. The van der Waals surface area contributed by atoms with Crippen molar-refractivity contribution in [1.29, 1.82) is 0 Å². The van der Waals surface area contributed by atoms with E-state index < -0.39 is 0 Å². The molecule has 78 valence electrons. The molecule has 0 amide bonds. The molecule has 1 heterocycles. The Hall–Kier alpha value is -0.540. The maximum Gasteiger partial charge on any atom is 0.101 e. The number of nitrogens with zero attached hydrogens (tertiary/aromatic N) is 1. The van der Waals surface area contributed by atoms with Gasteiger partial charge in [0.15, 0.2) is 0 Å². The van der Waals surface area contributed by atoms with E-state index in [1.165, 1.54) is 0 Å². The van der Waals surface area contributed by atoms with Crippen molar-refractivity contribution in [1.82, 2.24) is 4.98 Å². The third kappa shape index (κ3) is 3.31. The lowest BCUT2D eigenvalue weighted by Gasteiger charge is -2.11. The smallest absolute Gasteiger partial charge is 0.101 e. The van der Waals surface area contributed by atoms with Gasteiger partial charge in [0, 0.05) is 23.6 Å². The van der Waals surface area contributed by atoms with Crippen LogP contribution in [0.15, 0.2) is 23.4 Å². The standard InChI is InChI=1S/C11H18N2S/c1-8(2)7-14-11-10(9(3)12)5-4-6-13-11/h4-6,8-9H,7,12H2,1-3H3/t9-/m0/s1. The first-order valence-corrected chi connectivity index (χ1v) is 5.93. The fraction of sp³-hybridized carbons (Fsp3) is 0.545. The van der Waals surface area contributed by atoms with Crippen LogP contribution in [0.25, 0.3) is 0 Å². The van der Waals surface area contributed by atoms with Gasteiger partial charge in [-0.25, -0.2) is 4.98 Å². The molecule has 14 heavy (non-hydrogen) atoms. The Labute approximate surface area is 90.3 Å². The van der Waals surface area contributed by atoms with Gasteiger partial charge in [-0.3, -0.25) is 0 Å². The normalized spacial score (nSPS) is 13.2. The van der Waals surface area contributed by atoms with Crippen molar-refractivity contribution >= 4 is 11.8 Å². The minimum atomic E-state index is 0.0679. The molecule has 0 aliphatic rings. The Morgan fingerprint density at radius 1 is 1.43 bits per heavy atom. The van der Waals surface area contributed by atoms with Crippen LogP contribution in [0.2, 0.25) is 0 Å². The monoisotopic (exact) mass is 210 g/mol. The number of aromatic nitrogens is 1. The molecule has 1 aromatic rings. The third-order valence-electron chi connectivity index (χ3n) is 1.84. The van der Waals surface area contributed by atoms with E-state index >= 15 is 0 Å². The first-order chi connectivity index (χ1) is 6.61. The van der Waals surface area contributed by atoms with Gasteiger partial charge in [-0.1, -0.05) is 19.9 Å². The summed E-state index contributed by atoms with van der Waals surface area (Å²) < 4.78 is 0. The predicted octanol–water partition coefficient (Wildman–Crippen LogP) is 2.85. The Bertz CT molecular complexity index is 284. The maximum atomic E-state index is 5.87. The van der Waals surface area contributed by atoms with Crippen molar-refractivity contribution in [3.63, 3.8) is 0 Å². The number of rotatable bonds is 4. The lowest BCUT2D eigenvalue weighted by molar-refractivity contribution is 0.744. The largest absolute Gasteiger partial charge is 0.324 e. The fourth-order valence-corrected chi connectivity index (χ4v) is 2.16. The van der Waals surface area contributed by atoms with Crippen LogP contribution < -0.4 is 5.73 Å². The molecular weight excluding hydrogens is 192 g/mol. The predicted molar refractivity (Wildman–Crippen MR) is 62.4 cm³/mol. The highest BCUT2D eigenvalue weighted by Gasteiger charge is 2.08. The van der Waals surface area contributed by atoms with Crippen LogP contribution in [0.4, 0.5) is 0 Å². The topological polar surface area (TPSA) is 38.9 Å². The van der Waals surface area contributed by atoms with Gasteiger partial charge >= 0.3 is 0 Å². The average molecular weight is 210 g/mol. The second-order valence-electron chi connectivity index (χ2n) is 3.89. The highest BCUT2D eigenvalue weighted by atomic mass is 32.2. The van der Waals surface area contributed by atoms with E-state index in [1.807, 2.05) is 19.2 Å². The third-order valence-corrected chi connectivity index (χ3v) is 3.29. The number of hydrogen-bond acceptors (Lipinski definition) is 3. The zero-order valence-corrected chi connectivity index (χ0v) is 9.84. The van der Waals surface area contributed by atoms with Crippen LogP contribution in [-0.4, -0.2) is 10.7 Å². The molecular formula is C11H18N2S. The molecule has 1 rings (SSSR count). The van der Waals surface area contributed by atoms with Crippen LogP contribution in [0.1, 0.15) is 32.4 Å². The molecule has 0 saturated heterocycles. The summed E-state index contributed by atoms with van der Waals surface area (Å²) in [5.41, 5.74) is 7.02. The molecule has 3 heteroatoms. The van der Waals surface area contributed by atoms with E-state index in [0.717, 1.165) is 16.3 Å². The van der Waals surface area contributed by atoms with Gasteiger partial charge in [0.25, 0.3) is 0 Å². The second kappa shape index (κ2) is 5.37. The minimum Gasteiger partial charge on any atom is -0.324 e. The summed E-state index contributed by atoms with van der Waals surface area (Å²) in [4.78, 5) is 4.35. The van der Waals surface area contributed by atoms with Gasteiger partial charge in [-0.15, -0.1) is 11.8 Å². The lowest BCUT2D eigenvalue weighted by atomic mass is 10.2. The molecule has 2 nitrogen and oxygen atoms in total. The zero-order chi connectivity index (χ0) is 10.6. The molecule has 0 spiro atoms. The Morgan fingerprint density at radius 2 is 2.14 bits per heavy atom. The molecule has 2 N–H and O–H groups in total. The molecule has 1 aromatic heterocycles. The molecule has 0 unspecified atom stereocenters.